The minimum atomic E-state index is -0.832. The SMILES string of the molecule is CC.CCCCC1CSc2cc(CSC(C)(C)C(=O)O)c(SC)cc2N(c2ccc(F)cc2)C1. The number of hydrogen-bond acceptors (Lipinski definition) is 5. The summed E-state index contributed by atoms with van der Waals surface area (Å²) < 4.78 is 12.8. The predicted molar refractivity (Wildman–Crippen MR) is 150 cm³/mol. The van der Waals surface area contributed by atoms with Crippen molar-refractivity contribution >= 4 is 52.6 Å². The Kier molecular flexibility index (Phi) is 11.6. The molecule has 0 amide bonds. The fraction of sp³-hybridized carbons (Fsp3) is 0.519. The molecule has 34 heavy (non-hydrogen) atoms. The van der Waals surface area contributed by atoms with Gasteiger partial charge in [0, 0.05) is 33.5 Å². The molecule has 1 atom stereocenters. The first-order valence-corrected chi connectivity index (χ1v) is 15.2. The molecule has 0 aromatic heterocycles. The summed E-state index contributed by atoms with van der Waals surface area (Å²) in [7, 11) is 0. The van der Waals surface area contributed by atoms with Crippen LogP contribution >= 0.6 is 35.3 Å². The highest BCUT2D eigenvalue weighted by atomic mass is 32.2. The van der Waals surface area contributed by atoms with Gasteiger partial charge in [0.05, 0.1) is 5.69 Å². The first-order valence-electron chi connectivity index (χ1n) is 12.0. The Balaban J connectivity index is 0.00000199. The summed E-state index contributed by atoms with van der Waals surface area (Å²) in [5.41, 5.74) is 3.35. The summed E-state index contributed by atoms with van der Waals surface area (Å²) in [4.78, 5) is 16.3. The summed E-state index contributed by atoms with van der Waals surface area (Å²) in [6.45, 7) is 10.7. The Bertz CT molecular complexity index is 934. The quantitative estimate of drug-likeness (QED) is 0.331. The number of fused-ring (bicyclic) bond motifs is 1. The summed E-state index contributed by atoms with van der Waals surface area (Å²) in [5, 5.41) is 9.49. The fourth-order valence-electron chi connectivity index (χ4n) is 3.69. The van der Waals surface area contributed by atoms with Crippen LogP contribution in [0, 0.1) is 11.7 Å². The summed E-state index contributed by atoms with van der Waals surface area (Å²) in [6, 6.07) is 11.3. The molecule has 0 aliphatic carbocycles. The second-order valence-corrected chi connectivity index (χ2v) is 12.2. The number of carboxylic acid groups (broad SMARTS) is 1. The molecule has 2 aromatic rings. The van der Waals surface area contributed by atoms with Crippen LogP contribution in [0.5, 0.6) is 0 Å². The van der Waals surface area contributed by atoms with Gasteiger partial charge in [-0.15, -0.1) is 35.3 Å². The van der Waals surface area contributed by atoms with Crippen molar-refractivity contribution in [3.05, 3.63) is 47.8 Å². The fourth-order valence-corrected chi connectivity index (χ4v) is 6.51. The van der Waals surface area contributed by atoms with Crippen LogP contribution in [0.4, 0.5) is 15.8 Å². The van der Waals surface area contributed by atoms with E-state index in [4.69, 9.17) is 0 Å². The molecule has 1 aliphatic heterocycles. The number of thioether (sulfide) groups is 3. The number of benzene rings is 2. The van der Waals surface area contributed by atoms with Gasteiger partial charge in [-0.25, -0.2) is 4.39 Å². The van der Waals surface area contributed by atoms with Crippen LogP contribution in [-0.2, 0) is 10.5 Å². The number of carboxylic acids is 1. The van der Waals surface area contributed by atoms with Gasteiger partial charge in [0.15, 0.2) is 0 Å². The lowest BCUT2D eigenvalue weighted by atomic mass is 10.0. The zero-order valence-corrected chi connectivity index (χ0v) is 23.6. The van der Waals surface area contributed by atoms with Gasteiger partial charge in [0.1, 0.15) is 10.6 Å². The van der Waals surface area contributed by atoms with Crippen molar-refractivity contribution in [3.63, 3.8) is 0 Å². The average Bonchev–Trinajstić information content (AvgIpc) is 3.01. The number of anilines is 2. The van der Waals surface area contributed by atoms with Crippen molar-refractivity contribution in [3.8, 4) is 0 Å². The molecule has 0 radical (unpaired) electrons. The van der Waals surface area contributed by atoms with E-state index in [1.165, 1.54) is 53.6 Å². The number of unbranched alkanes of at least 4 members (excludes halogenated alkanes) is 1. The molecule has 0 fully saturated rings. The van der Waals surface area contributed by atoms with Crippen molar-refractivity contribution in [2.24, 2.45) is 5.92 Å². The van der Waals surface area contributed by atoms with Crippen LogP contribution in [0.25, 0.3) is 0 Å². The summed E-state index contributed by atoms with van der Waals surface area (Å²) >= 11 is 5.04. The number of hydrogen-bond donors (Lipinski definition) is 1. The van der Waals surface area contributed by atoms with Crippen LogP contribution in [0.3, 0.4) is 0 Å². The number of carbonyl (C=O) groups is 1. The monoisotopic (exact) mass is 523 g/mol. The van der Waals surface area contributed by atoms with Crippen LogP contribution in [-0.4, -0.2) is 34.4 Å². The highest BCUT2D eigenvalue weighted by molar-refractivity contribution is 8.01. The van der Waals surface area contributed by atoms with E-state index in [0.717, 1.165) is 28.6 Å². The standard InChI is InChI=1S/C25H32FNO2S3.C2H6/c1-5-6-7-17-14-27(20-10-8-19(26)9-11-20)21-13-22(30-4)18(12-23(21)31-15-17)16-32-25(2,3)24(28)29;1-2/h8-13,17H,5-7,14-16H2,1-4H3,(H,28,29);1-2H3. The minimum absolute atomic E-state index is 0.223. The third kappa shape index (κ3) is 7.59. The van der Waals surface area contributed by atoms with Gasteiger partial charge in [-0.3, -0.25) is 4.79 Å². The van der Waals surface area contributed by atoms with Crippen LogP contribution < -0.4 is 4.90 Å². The maximum Gasteiger partial charge on any atom is 0.319 e. The molecule has 1 heterocycles. The molecular formula is C27H38FNO2S3. The van der Waals surface area contributed by atoms with Crippen LogP contribution in [0.2, 0.25) is 0 Å². The molecule has 1 unspecified atom stereocenters. The Morgan fingerprint density at radius 1 is 1.24 bits per heavy atom. The predicted octanol–water partition coefficient (Wildman–Crippen LogP) is 8.72. The number of rotatable bonds is 9. The zero-order chi connectivity index (χ0) is 25.3. The lowest BCUT2D eigenvalue weighted by Gasteiger charge is -2.29. The molecule has 2 aromatic carbocycles. The van der Waals surface area contributed by atoms with E-state index in [1.807, 2.05) is 37.7 Å². The molecule has 3 nitrogen and oxygen atoms in total. The number of aliphatic carboxylic acids is 1. The molecular weight excluding hydrogens is 486 g/mol. The molecule has 188 valence electrons. The topological polar surface area (TPSA) is 40.5 Å². The van der Waals surface area contributed by atoms with Crippen LogP contribution in [0.15, 0.2) is 46.2 Å². The zero-order valence-electron chi connectivity index (χ0n) is 21.2. The van der Waals surface area contributed by atoms with E-state index in [2.05, 4.69) is 30.2 Å². The number of halogens is 1. The molecule has 0 spiro atoms. The van der Waals surface area contributed by atoms with E-state index < -0.39 is 10.7 Å². The minimum Gasteiger partial charge on any atom is -0.480 e. The van der Waals surface area contributed by atoms with Crippen molar-refractivity contribution in [2.75, 3.05) is 23.5 Å². The van der Waals surface area contributed by atoms with E-state index in [9.17, 15) is 14.3 Å². The van der Waals surface area contributed by atoms with Gasteiger partial charge in [-0.1, -0.05) is 33.6 Å². The molecule has 7 heteroatoms. The van der Waals surface area contributed by atoms with E-state index >= 15 is 0 Å². The average molecular weight is 524 g/mol. The molecule has 0 bridgehead atoms. The third-order valence-corrected chi connectivity index (χ3v) is 9.22. The molecule has 1 N–H and O–H groups in total. The largest absolute Gasteiger partial charge is 0.480 e. The highest BCUT2D eigenvalue weighted by Crippen LogP contribution is 2.44. The van der Waals surface area contributed by atoms with Gasteiger partial charge in [0.25, 0.3) is 0 Å². The first-order chi connectivity index (χ1) is 16.2. The maximum atomic E-state index is 13.6. The first kappa shape index (κ1) is 28.9. The Morgan fingerprint density at radius 2 is 1.91 bits per heavy atom. The van der Waals surface area contributed by atoms with Crippen molar-refractivity contribution in [1.29, 1.82) is 0 Å². The Labute approximate surface area is 217 Å². The molecule has 0 saturated carbocycles. The Hall–Kier alpha value is -1.31. The van der Waals surface area contributed by atoms with Crippen molar-refractivity contribution in [2.45, 2.75) is 74.2 Å². The smallest absolute Gasteiger partial charge is 0.319 e. The second-order valence-electron chi connectivity index (χ2n) is 8.64. The lowest BCUT2D eigenvalue weighted by Crippen LogP contribution is -2.27. The van der Waals surface area contributed by atoms with Gasteiger partial charge in [0.2, 0.25) is 0 Å². The van der Waals surface area contributed by atoms with E-state index in [0.29, 0.717) is 11.7 Å². The van der Waals surface area contributed by atoms with Gasteiger partial charge in [-0.2, -0.15) is 0 Å². The molecule has 3 rings (SSSR count). The highest BCUT2D eigenvalue weighted by Gasteiger charge is 2.29. The van der Waals surface area contributed by atoms with Crippen LogP contribution in [0.1, 0.15) is 59.4 Å². The third-order valence-electron chi connectivity index (χ3n) is 5.78. The molecule has 0 saturated heterocycles. The second kappa shape index (κ2) is 13.7. The Morgan fingerprint density at radius 3 is 2.50 bits per heavy atom. The van der Waals surface area contributed by atoms with E-state index in [-0.39, 0.29) is 5.82 Å². The maximum absolute atomic E-state index is 13.6. The van der Waals surface area contributed by atoms with Crippen molar-refractivity contribution < 1.29 is 14.3 Å². The van der Waals surface area contributed by atoms with Gasteiger partial charge in [-0.05, 0) is 74.4 Å². The van der Waals surface area contributed by atoms with E-state index in [1.54, 1.807) is 25.6 Å². The normalized spacial score (nSPS) is 15.7. The van der Waals surface area contributed by atoms with Gasteiger partial charge < -0.3 is 10.0 Å². The number of nitrogens with zero attached hydrogens (tertiary/aromatic N) is 1. The van der Waals surface area contributed by atoms with Gasteiger partial charge >= 0.3 is 5.97 Å². The van der Waals surface area contributed by atoms with Crippen molar-refractivity contribution in [1.82, 2.24) is 0 Å². The summed E-state index contributed by atoms with van der Waals surface area (Å²) in [5.74, 6) is 1.24. The molecule has 1 aliphatic rings. The summed E-state index contributed by atoms with van der Waals surface area (Å²) in [6.07, 6.45) is 5.64. The lowest BCUT2D eigenvalue weighted by molar-refractivity contribution is -0.138.